The molecule has 3 heteroatoms. The maximum atomic E-state index is 4.63. The molecule has 0 saturated heterocycles. The lowest BCUT2D eigenvalue weighted by Crippen LogP contribution is -2.34. The maximum Gasteiger partial charge on any atom is 0.149 e. The van der Waals surface area contributed by atoms with Crippen LogP contribution in [0, 0.1) is 0 Å². The average Bonchev–Trinajstić information content (AvgIpc) is 2.63. The maximum absolute atomic E-state index is 4.63. The van der Waals surface area contributed by atoms with E-state index in [9.17, 15) is 0 Å². The first-order chi connectivity index (χ1) is 11.4. The molecule has 0 radical (unpaired) electrons. The van der Waals surface area contributed by atoms with E-state index in [1.807, 2.05) is 12.3 Å². The van der Waals surface area contributed by atoms with Gasteiger partial charge >= 0.3 is 0 Å². The lowest BCUT2D eigenvalue weighted by atomic mass is 10.1. The molecule has 1 N–H and O–H groups in total. The second kappa shape index (κ2) is 6.13. The van der Waals surface area contributed by atoms with E-state index in [2.05, 4.69) is 75.9 Å². The first-order valence-electron chi connectivity index (χ1n) is 7.98. The number of rotatable bonds is 3. The number of pyridine rings is 1. The van der Waals surface area contributed by atoms with Gasteiger partial charge in [-0.1, -0.05) is 60.7 Å². The summed E-state index contributed by atoms with van der Waals surface area (Å²) in [6, 6.07) is 23.3. The summed E-state index contributed by atoms with van der Waals surface area (Å²) < 4.78 is 0. The molecule has 23 heavy (non-hydrogen) atoms. The van der Waals surface area contributed by atoms with Crippen LogP contribution < -0.4 is 10.2 Å². The topological polar surface area (TPSA) is 28.2 Å². The Morgan fingerprint density at radius 1 is 0.913 bits per heavy atom. The highest BCUT2D eigenvalue weighted by atomic mass is 15.2. The quantitative estimate of drug-likeness (QED) is 0.786. The number of fused-ring (bicyclic) bond motifs is 1. The monoisotopic (exact) mass is 301 g/mol. The molecule has 0 saturated carbocycles. The van der Waals surface area contributed by atoms with Gasteiger partial charge in [-0.25, -0.2) is 4.98 Å². The summed E-state index contributed by atoms with van der Waals surface area (Å²) >= 11 is 0. The molecule has 0 fully saturated rings. The van der Waals surface area contributed by atoms with Crippen molar-refractivity contribution in [3.63, 3.8) is 0 Å². The molecule has 0 atom stereocenters. The zero-order valence-corrected chi connectivity index (χ0v) is 12.9. The molecular weight excluding hydrogens is 282 g/mol. The predicted octanol–water partition coefficient (Wildman–Crippen LogP) is 4.18. The number of anilines is 2. The summed E-state index contributed by atoms with van der Waals surface area (Å²) in [5, 5.41) is 3.40. The van der Waals surface area contributed by atoms with Gasteiger partial charge in [-0.05, 0) is 17.2 Å². The molecule has 0 bridgehead atoms. The molecule has 3 nitrogen and oxygen atoms in total. The number of benzene rings is 2. The summed E-state index contributed by atoms with van der Waals surface area (Å²) in [6.45, 7) is 2.83. The summed E-state index contributed by atoms with van der Waals surface area (Å²) in [7, 11) is 0. The van der Waals surface area contributed by atoms with Crippen LogP contribution in [-0.2, 0) is 6.54 Å². The van der Waals surface area contributed by atoms with Gasteiger partial charge in [0.2, 0.25) is 0 Å². The second-order valence-corrected chi connectivity index (χ2v) is 5.79. The van der Waals surface area contributed by atoms with Crippen molar-refractivity contribution in [2.75, 3.05) is 23.3 Å². The van der Waals surface area contributed by atoms with Crippen LogP contribution in [0.3, 0.4) is 0 Å². The molecule has 114 valence electrons. The van der Waals surface area contributed by atoms with E-state index in [0.717, 1.165) is 31.0 Å². The van der Waals surface area contributed by atoms with Crippen LogP contribution >= 0.6 is 0 Å². The number of nitrogens with zero attached hydrogens (tertiary/aromatic N) is 2. The average molecular weight is 301 g/mol. The van der Waals surface area contributed by atoms with Gasteiger partial charge in [0.1, 0.15) is 5.82 Å². The third-order valence-corrected chi connectivity index (χ3v) is 4.21. The highest BCUT2D eigenvalue weighted by Gasteiger charge is 2.18. The second-order valence-electron chi connectivity index (χ2n) is 5.79. The van der Waals surface area contributed by atoms with Crippen molar-refractivity contribution in [1.82, 2.24) is 4.98 Å². The standard InChI is InChI=1S/C20H19N3/c1-3-7-16(8-4-1)15-23-12-11-21-20-19(23)13-18(14-22-20)17-9-5-2-6-10-17/h1-10,13-14H,11-12,15H2,(H,21,22). The summed E-state index contributed by atoms with van der Waals surface area (Å²) in [4.78, 5) is 7.04. The van der Waals surface area contributed by atoms with Crippen molar-refractivity contribution < 1.29 is 0 Å². The van der Waals surface area contributed by atoms with E-state index < -0.39 is 0 Å². The Morgan fingerprint density at radius 3 is 2.43 bits per heavy atom. The van der Waals surface area contributed by atoms with Crippen molar-refractivity contribution in [2.24, 2.45) is 0 Å². The highest BCUT2D eigenvalue weighted by molar-refractivity contribution is 5.76. The predicted molar refractivity (Wildman–Crippen MR) is 95.7 cm³/mol. The van der Waals surface area contributed by atoms with Gasteiger partial charge < -0.3 is 10.2 Å². The lowest BCUT2D eigenvalue weighted by molar-refractivity contribution is 0.781. The van der Waals surface area contributed by atoms with Gasteiger partial charge in [0.25, 0.3) is 0 Å². The number of hydrogen-bond donors (Lipinski definition) is 1. The third-order valence-electron chi connectivity index (χ3n) is 4.21. The lowest BCUT2D eigenvalue weighted by Gasteiger charge is -2.31. The minimum absolute atomic E-state index is 0.912. The normalized spacial score (nSPS) is 13.3. The molecule has 1 aromatic heterocycles. The Hall–Kier alpha value is -2.81. The van der Waals surface area contributed by atoms with E-state index in [4.69, 9.17) is 0 Å². The first kappa shape index (κ1) is 13.8. The summed E-state index contributed by atoms with van der Waals surface area (Å²) in [5.74, 6) is 0.979. The molecule has 1 aliphatic rings. The summed E-state index contributed by atoms with van der Waals surface area (Å²) in [6.07, 6.45) is 1.95. The first-order valence-corrected chi connectivity index (χ1v) is 7.98. The van der Waals surface area contributed by atoms with Gasteiger partial charge in [-0.15, -0.1) is 0 Å². The third kappa shape index (κ3) is 2.90. The minimum Gasteiger partial charge on any atom is -0.367 e. The van der Waals surface area contributed by atoms with E-state index in [1.165, 1.54) is 16.8 Å². The van der Waals surface area contributed by atoms with Crippen LogP contribution in [0.2, 0.25) is 0 Å². The Balaban J connectivity index is 1.69. The van der Waals surface area contributed by atoms with Crippen LogP contribution in [0.15, 0.2) is 72.9 Å². The fourth-order valence-corrected chi connectivity index (χ4v) is 3.02. The molecule has 1 aliphatic heterocycles. The Bertz CT molecular complexity index is 784. The van der Waals surface area contributed by atoms with E-state index in [-0.39, 0.29) is 0 Å². The zero-order chi connectivity index (χ0) is 15.5. The van der Waals surface area contributed by atoms with Crippen molar-refractivity contribution in [3.05, 3.63) is 78.5 Å². The smallest absolute Gasteiger partial charge is 0.149 e. The Kier molecular flexibility index (Phi) is 3.68. The molecule has 3 aromatic rings. The number of nitrogens with one attached hydrogen (secondary N) is 1. The van der Waals surface area contributed by atoms with Crippen LogP contribution in [0.4, 0.5) is 11.5 Å². The molecule has 2 aromatic carbocycles. The molecule has 0 aliphatic carbocycles. The van der Waals surface area contributed by atoms with Gasteiger partial charge in [-0.3, -0.25) is 0 Å². The zero-order valence-electron chi connectivity index (χ0n) is 12.9. The van der Waals surface area contributed by atoms with E-state index in [1.54, 1.807) is 0 Å². The summed E-state index contributed by atoms with van der Waals surface area (Å²) in [5.41, 5.74) is 4.87. The highest BCUT2D eigenvalue weighted by Crippen LogP contribution is 2.32. The van der Waals surface area contributed by atoms with Crippen molar-refractivity contribution in [1.29, 1.82) is 0 Å². The van der Waals surface area contributed by atoms with E-state index in [0.29, 0.717) is 0 Å². The van der Waals surface area contributed by atoms with Gasteiger partial charge in [0, 0.05) is 31.4 Å². The molecule has 0 amide bonds. The molecule has 0 unspecified atom stereocenters. The molecule has 2 heterocycles. The van der Waals surface area contributed by atoms with Gasteiger partial charge in [-0.2, -0.15) is 0 Å². The molecule has 0 spiro atoms. The molecule has 4 rings (SSSR count). The van der Waals surface area contributed by atoms with Crippen molar-refractivity contribution in [3.8, 4) is 11.1 Å². The number of aromatic nitrogens is 1. The minimum atomic E-state index is 0.912. The van der Waals surface area contributed by atoms with Crippen molar-refractivity contribution >= 4 is 11.5 Å². The largest absolute Gasteiger partial charge is 0.367 e. The Labute approximate surface area is 136 Å². The number of hydrogen-bond acceptors (Lipinski definition) is 3. The van der Waals surface area contributed by atoms with Crippen LogP contribution in [0.5, 0.6) is 0 Å². The molecular formula is C20H19N3. The van der Waals surface area contributed by atoms with Crippen LogP contribution in [0.25, 0.3) is 11.1 Å². The van der Waals surface area contributed by atoms with Gasteiger partial charge in [0.15, 0.2) is 0 Å². The fraction of sp³-hybridized carbons (Fsp3) is 0.150. The van der Waals surface area contributed by atoms with Gasteiger partial charge in [0.05, 0.1) is 5.69 Å². The van der Waals surface area contributed by atoms with Crippen LogP contribution in [-0.4, -0.2) is 18.1 Å². The van der Waals surface area contributed by atoms with Crippen molar-refractivity contribution in [2.45, 2.75) is 6.54 Å². The van der Waals surface area contributed by atoms with E-state index >= 15 is 0 Å². The fourth-order valence-electron chi connectivity index (χ4n) is 3.02. The van der Waals surface area contributed by atoms with Crippen LogP contribution in [0.1, 0.15) is 5.56 Å². The Morgan fingerprint density at radius 2 is 1.65 bits per heavy atom. The SMILES string of the molecule is c1ccc(CN2CCNc3ncc(-c4ccccc4)cc32)cc1.